The lowest BCUT2D eigenvalue weighted by Crippen LogP contribution is -2.55. The molecule has 1 aliphatic rings. The molecular weight excluding hydrogens is 220 g/mol. The Bertz CT molecular complexity index is 249. The number of carbonyl (C=O) groups excluding carboxylic acids is 1. The van der Waals surface area contributed by atoms with Gasteiger partial charge >= 0.3 is 6.09 Å². The molecule has 5 heteroatoms. The molecule has 5 nitrogen and oxygen atoms in total. The fraction of sp³-hybridized carbons (Fsp3) is 0.917. The number of ether oxygens (including phenoxy) is 2. The number of hydrogen-bond acceptors (Lipinski definition) is 4. The van der Waals surface area contributed by atoms with E-state index in [4.69, 9.17) is 9.47 Å². The van der Waals surface area contributed by atoms with E-state index in [1.807, 2.05) is 27.7 Å². The molecule has 0 aromatic carbocycles. The van der Waals surface area contributed by atoms with Gasteiger partial charge in [-0.3, -0.25) is 0 Å². The number of nitrogens with one attached hydrogen (secondary N) is 2. The van der Waals surface area contributed by atoms with Crippen molar-refractivity contribution in [1.29, 1.82) is 0 Å². The molecule has 1 unspecified atom stereocenters. The highest BCUT2D eigenvalue weighted by atomic mass is 16.6. The molecule has 1 saturated heterocycles. The summed E-state index contributed by atoms with van der Waals surface area (Å²) in [5.41, 5.74) is -0.465. The number of amides is 1. The van der Waals surface area contributed by atoms with Gasteiger partial charge in [0.1, 0.15) is 5.60 Å². The van der Waals surface area contributed by atoms with E-state index in [2.05, 4.69) is 10.6 Å². The first kappa shape index (κ1) is 14.3. The van der Waals surface area contributed by atoms with E-state index in [0.717, 1.165) is 19.5 Å². The SMILES string of the molecule is CCO[C@H]1CCNCC1NC(=O)OC(C)(C)C. The van der Waals surface area contributed by atoms with Crippen LogP contribution in [0.15, 0.2) is 0 Å². The molecule has 0 radical (unpaired) electrons. The summed E-state index contributed by atoms with van der Waals surface area (Å²) in [7, 11) is 0. The Kier molecular flexibility index (Phi) is 5.21. The number of alkyl carbamates (subject to hydrolysis) is 1. The van der Waals surface area contributed by atoms with E-state index in [1.54, 1.807) is 0 Å². The number of piperidine rings is 1. The van der Waals surface area contributed by atoms with Gasteiger partial charge in [0.05, 0.1) is 12.1 Å². The molecule has 0 aromatic heterocycles. The van der Waals surface area contributed by atoms with Crippen LogP contribution in [-0.4, -0.2) is 43.5 Å². The summed E-state index contributed by atoms with van der Waals surface area (Å²) in [6, 6.07) is -0.0152. The molecule has 0 aromatic rings. The molecule has 0 spiro atoms. The summed E-state index contributed by atoms with van der Waals surface area (Å²) in [6.07, 6.45) is 0.610. The van der Waals surface area contributed by atoms with Crippen molar-refractivity contribution in [2.45, 2.75) is 51.9 Å². The fourth-order valence-electron chi connectivity index (χ4n) is 1.85. The lowest BCUT2D eigenvalue weighted by Gasteiger charge is -2.33. The van der Waals surface area contributed by atoms with Gasteiger partial charge in [-0.1, -0.05) is 0 Å². The molecule has 17 heavy (non-hydrogen) atoms. The van der Waals surface area contributed by atoms with Crippen LogP contribution >= 0.6 is 0 Å². The van der Waals surface area contributed by atoms with E-state index in [1.165, 1.54) is 0 Å². The van der Waals surface area contributed by atoms with Crippen molar-refractivity contribution in [3.05, 3.63) is 0 Å². The highest BCUT2D eigenvalue weighted by Crippen LogP contribution is 2.11. The molecule has 0 saturated carbocycles. The van der Waals surface area contributed by atoms with Crippen LogP contribution in [0.3, 0.4) is 0 Å². The minimum Gasteiger partial charge on any atom is -0.444 e. The second-order valence-electron chi connectivity index (χ2n) is 5.24. The van der Waals surface area contributed by atoms with Gasteiger partial charge in [-0.2, -0.15) is 0 Å². The van der Waals surface area contributed by atoms with Gasteiger partial charge in [-0.05, 0) is 40.7 Å². The average molecular weight is 244 g/mol. The van der Waals surface area contributed by atoms with Crippen molar-refractivity contribution in [1.82, 2.24) is 10.6 Å². The van der Waals surface area contributed by atoms with Crippen molar-refractivity contribution >= 4 is 6.09 Å². The third-order valence-corrected chi connectivity index (χ3v) is 2.50. The molecule has 0 bridgehead atoms. The van der Waals surface area contributed by atoms with E-state index >= 15 is 0 Å². The monoisotopic (exact) mass is 244 g/mol. The minimum absolute atomic E-state index is 0.0152. The quantitative estimate of drug-likeness (QED) is 0.785. The van der Waals surface area contributed by atoms with E-state index in [0.29, 0.717) is 6.61 Å². The van der Waals surface area contributed by atoms with E-state index in [9.17, 15) is 4.79 Å². The Hall–Kier alpha value is -0.810. The maximum atomic E-state index is 11.7. The summed E-state index contributed by atoms with van der Waals surface area (Å²) >= 11 is 0. The van der Waals surface area contributed by atoms with Gasteiger partial charge in [0.15, 0.2) is 0 Å². The van der Waals surface area contributed by atoms with Crippen molar-refractivity contribution in [3.8, 4) is 0 Å². The zero-order valence-electron chi connectivity index (χ0n) is 11.2. The summed E-state index contributed by atoms with van der Waals surface area (Å²) in [6.45, 7) is 9.84. The topological polar surface area (TPSA) is 59.6 Å². The highest BCUT2D eigenvalue weighted by Gasteiger charge is 2.28. The second-order valence-corrected chi connectivity index (χ2v) is 5.24. The number of hydrogen-bond donors (Lipinski definition) is 2. The third kappa shape index (κ3) is 5.37. The van der Waals surface area contributed by atoms with Crippen molar-refractivity contribution in [2.24, 2.45) is 0 Å². The van der Waals surface area contributed by atoms with Gasteiger partial charge in [0.2, 0.25) is 0 Å². The van der Waals surface area contributed by atoms with Crippen LogP contribution in [0.2, 0.25) is 0 Å². The Balaban J connectivity index is 2.44. The second kappa shape index (κ2) is 6.21. The van der Waals surface area contributed by atoms with Crippen LogP contribution in [0, 0.1) is 0 Å². The number of carbonyl (C=O) groups is 1. The maximum absolute atomic E-state index is 11.7. The first-order valence-electron chi connectivity index (χ1n) is 6.24. The van der Waals surface area contributed by atoms with Gasteiger partial charge in [-0.15, -0.1) is 0 Å². The fourth-order valence-corrected chi connectivity index (χ4v) is 1.85. The Morgan fingerprint density at radius 3 is 2.76 bits per heavy atom. The van der Waals surface area contributed by atoms with Crippen LogP contribution in [-0.2, 0) is 9.47 Å². The van der Waals surface area contributed by atoms with Crippen molar-refractivity contribution < 1.29 is 14.3 Å². The smallest absolute Gasteiger partial charge is 0.408 e. The molecule has 1 fully saturated rings. The summed E-state index contributed by atoms with van der Waals surface area (Å²) in [4.78, 5) is 11.7. The third-order valence-electron chi connectivity index (χ3n) is 2.50. The predicted octanol–water partition coefficient (Wildman–Crippen LogP) is 1.28. The van der Waals surface area contributed by atoms with Crippen LogP contribution in [0.5, 0.6) is 0 Å². The summed E-state index contributed by atoms with van der Waals surface area (Å²) < 4.78 is 10.8. The molecule has 100 valence electrons. The summed E-state index contributed by atoms with van der Waals surface area (Å²) in [5, 5.41) is 6.10. The van der Waals surface area contributed by atoms with Gasteiger partial charge in [0.25, 0.3) is 0 Å². The van der Waals surface area contributed by atoms with Gasteiger partial charge in [-0.25, -0.2) is 4.79 Å². The van der Waals surface area contributed by atoms with E-state index in [-0.39, 0.29) is 18.2 Å². The molecule has 1 amide bonds. The van der Waals surface area contributed by atoms with Crippen LogP contribution in [0.1, 0.15) is 34.1 Å². The standard InChI is InChI=1S/C12H24N2O3/c1-5-16-10-6-7-13-8-9(10)14-11(15)17-12(2,3)4/h9-10,13H,5-8H2,1-4H3,(H,14,15)/t9?,10-/m0/s1. The molecular formula is C12H24N2O3. The molecule has 2 atom stereocenters. The van der Waals surface area contributed by atoms with Crippen molar-refractivity contribution in [3.63, 3.8) is 0 Å². The van der Waals surface area contributed by atoms with Gasteiger partial charge < -0.3 is 20.1 Å². The lowest BCUT2D eigenvalue weighted by atomic mass is 10.0. The maximum Gasteiger partial charge on any atom is 0.408 e. The molecule has 2 N–H and O–H groups in total. The van der Waals surface area contributed by atoms with Crippen LogP contribution in [0.4, 0.5) is 4.79 Å². The first-order valence-corrected chi connectivity index (χ1v) is 6.24. The first-order chi connectivity index (χ1) is 7.92. The van der Waals surface area contributed by atoms with Gasteiger partial charge in [0, 0.05) is 13.2 Å². The highest BCUT2D eigenvalue weighted by molar-refractivity contribution is 5.68. The number of rotatable bonds is 3. The minimum atomic E-state index is -0.465. The largest absolute Gasteiger partial charge is 0.444 e. The Morgan fingerprint density at radius 1 is 1.47 bits per heavy atom. The molecule has 1 heterocycles. The Morgan fingerprint density at radius 2 is 2.18 bits per heavy atom. The average Bonchev–Trinajstić information content (AvgIpc) is 2.18. The molecule has 1 aliphatic heterocycles. The molecule has 1 rings (SSSR count). The van der Waals surface area contributed by atoms with Crippen LogP contribution < -0.4 is 10.6 Å². The zero-order chi connectivity index (χ0) is 12.9. The summed E-state index contributed by atoms with van der Waals surface area (Å²) in [5.74, 6) is 0. The normalized spacial score (nSPS) is 25.4. The zero-order valence-corrected chi connectivity index (χ0v) is 11.2. The Labute approximate surface area is 103 Å². The molecule has 0 aliphatic carbocycles. The van der Waals surface area contributed by atoms with E-state index < -0.39 is 5.60 Å². The van der Waals surface area contributed by atoms with Crippen LogP contribution in [0.25, 0.3) is 0 Å². The lowest BCUT2D eigenvalue weighted by molar-refractivity contribution is 0.00725. The predicted molar refractivity (Wildman–Crippen MR) is 66.1 cm³/mol. The van der Waals surface area contributed by atoms with Crippen molar-refractivity contribution in [2.75, 3.05) is 19.7 Å².